The van der Waals surface area contributed by atoms with E-state index in [2.05, 4.69) is 30.9 Å². The third kappa shape index (κ3) is 6.28. The molecule has 1 aliphatic rings. The number of carbonyl (C=O) groups is 1. The zero-order valence-corrected chi connectivity index (χ0v) is 19.4. The quantitative estimate of drug-likeness (QED) is 0.616. The third-order valence-electron chi connectivity index (χ3n) is 4.71. The summed E-state index contributed by atoms with van der Waals surface area (Å²) in [6, 6.07) is 12.8. The molecule has 1 aliphatic heterocycles. The predicted octanol–water partition coefficient (Wildman–Crippen LogP) is 3.09. The van der Waals surface area contributed by atoms with E-state index in [1.807, 2.05) is 13.8 Å². The fourth-order valence-corrected chi connectivity index (χ4v) is 4.80. The molecule has 7 nitrogen and oxygen atoms in total. The van der Waals surface area contributed by atoms with Crippen molar-refractivity contribution >= 4 is 37.5 Å². The number of carbonyl (C=O) groups excluding carboxylic acids is 1. The Morgan fingerprint density at radius 2 is 1.80 bits per heavy atom. The average molecular weight is 496 g/mol. The Hall–Kier alpha value is -1.94. The number of halogens is 1. The van der Waals surface area contributed by atoms with E-state index >= 15 is 0 Å². The second kappa shape index (κ2) is 9.91. The zero-order valence-electron chi connectivity index (χ0n) is 17.0. The van der Waals surface area contributed by atoms with Crippen LogP contribution in [0.1, 0.15) is 24.2 Å². The first-order valence-electron chi connectivity index (χ1n) is 9.77. The lowest BCUT2D eigenvalue weighted by Crippen LogP contribution is -2.47. The van der Waals surface area contributed by atoms with Gasteiger partial charge in [0.1, 0.15) is 0 Å². The van der Waals surface area contributed by atoms with Crippen molar-refractivity contribution < 1.29 is 17.9 Å². The first-order valence-corrected chi connectivity index (χ1v) is 12.0. The lowest BCUT2D eigenvalue weighted by atomic mass is 10.2. The lowest BCUT2D eigenvalue weighted by Gasteiger charge is -2.35. The lowest BCUT2D eigenvalue weighted by molar-refractivity contribution is -0.0672. The zero-order chi connectivity index (χ0) is 21.7. The molecule has 3 rings (SSSR count). The van der Waals surface area contributed by atoms with Gasteiger partial charge in [0.25, 0.3) is 15.9 Å². The maximum absolute atomic E-state index is 12.7. The Bertz CT molecular complexity index is 972. The summed E-state index contributed by atoms with van der Waals surface area (Å²) in [5, 5.41) is 2.87. The van der Waals surface area contributed by atoms with Gasteiger partial charge in [-0.25, -0.2) is 8.42 Å². The van der Waals surface area contributed by atoms with Crippen molar-refractivity contribution in [3.8, 4) is 0 Å². The molecule has 0 spiro atoms. The van der Waals surface area contributed by atoms with E-state index in [0.717, 1.165) is 17.6 Å². The molecule has 0 aliphatic carbocycles. The minimum atomic E-state index is -3.80. The molecule has 1 saturated heterocycles. The van der Waals surface area contributed by atoms with Crippen LogP contribution in [0.4, 0.5) is 5.69 Å². The first kappa shape index (κ1) is 22.7. The average Bonchev–Trinajstić information content (AvgIpc) is 2.69. The largest absolute Gasteiger partial charge is 0.373 e. The van der Waals surface area contributed by atoms with E-state index in [-0.39, 0.29) is 23.0 Å². The highest BCUT2D eigenvalue weighted by Crippen LogP contribution is 2.19. The predicted molar refractivity (Wildman–Crippen MR) is 120 cm³/mol. The standard InChI is InChI=1S/C21H26BrN3O4S/c1-15-13-25(14-16(2)29-15)11-10-23-21(26)17-4-3-5-20(12-17)30(27,28)24-19-8-6-18(22)7-9-19/h3-9,12,15-16,24H,10-11,13-14H2,1-2H3,(H,23,26)/t15-,16-/m0/s1. The van der Waals surface area contributed by atoms with Crippen molar-refractivity contribution in [2.75, 3.05) is 30.9 Å². The number of amides is 1. The molecule has 2 aromatic rings. The molecule has 0 bridgehead atoms. The second-order valence-electron chi connectivity index (χ2n) is 7.41. The highest BCUT2D eigenvalue weighted by Gasteiger charge is 2.22. The smallest absolute Gasteiger partial charge is 0.261 e. The highest BCUT2D eigenvalue weighted by molar-refractivity contribution is 9.10. The highest BCUT2D eigenvalue weighted by atomic mass is 79.9. The second-order valence-corrected chi connectivity index (χ2v) is 10.0. The normalized spacial score (nSPS) is 20.0. The van der Waals surface area contributed by atoms with Gasteiger partial charge in [0.2, 0.25) is 0 Å². The first-order chi connectivity index (χ1) is 14.2. The van der Waals surface area contributed by atoms with Crippen LogP contribution in [0.15, 0.2) is 57.9 Å². The molecule has 30 heavy (non-hydrogen) atoms. The monoisotopic (exact) mass is 495 g/mol. The van der Waals surface area contributed by atoms with E-state index in [4.69, 9.17) is 4.74 Å². The van der Waals surface area contributed by atoms with E-state index < -0.39 is 10.0 Å². The minimum absolute atomic E-state index is 0.0360. The molecule has 2 atom stereocenters. The van der Waals surface area contributed by atoms with E-state index in [1.54, 1.807) is 36.4 Å². The molecule has 162 valence electrons. The van der Waals surface area contributed by atoms with Crippen LogP contribution >= 0.6 is 15.9 Å². The van der Waals surface area contributed by atoms with Gasteiger partial charge in [-0.05, 0) is 56.3 Å². The van der Waals surface area contributed by atoms with E-state index in [1.165, 1.54) is 12.1 Å². The van der Waals surface area contributed by atoms with Crippen LogP contribution in [0.3, 0.4) is 0 Å². The summed E-state index contributed by atoms with van der Waals surface area (Å²) < 4.78 is 34.4. The number of ether oxygens (including phenoxy) is 1. The maximum Gasteiger partial charge on any atom is 0.261 e. The van der Waals surface area contributed by atoms with Gasteiger partial charge in [-0.2, -0.15) is 0 Å². The Kier molecular flexibility index (Phi) is 7.51. The van der Waals surface area contributed by atoms with Crippen LogP contribution in [-0.4, -0.2) is 57.6 Å². The van der Waals surface area contributed by atoms with Crippen LogP contribution in [0, 0.1) is 0 Å². The Morgan fingerprint density at radius 3 is 2.47 bits per heavy atom. The summed E-state index contributed by atoms with van der Waals surface area (Å²) in [7, 11) is -3.80. The SMILES string of the molecule is C[C@H]1CN(CCNC(=O)c2cccc(S(=O)(=O)Nc3ccc(Br)cc3)c2)C[C@H](C)O1. The van der Waals surface area contributed by atoms with Crippen molar-refractivity contribution in [3.05, 3.63) is 58.6 Å². The molecule has 0 unspecified atom stereocenters. The number of morpholine rings is 1. The van der Waals surface area contributed by atoms with E-state index in [0.29, 0.717) is 24.3 Å². The molecular formula is C21H26BrN3O4S. The number of hydrogen-bond donors (Lipinski definition) is 2. The summed E-state index contributed by atoms with van der Waals surface area (Å²) in [6.45, 7) is 6.93. The fourth-order valence-electron chi connectivity index (χ4n) is 3.43. The Labute approximate surface area is 186 Å². The van der Waals surface area contributed by atoms with Crippen LogP contribution in [0.5, 0.6) is 0 Å². The van der Waals surface area contributed by atoms with E-state index in [9.17, 15) is 13.2 Å². The number of anilines is 1. The molecule has 0 radical (unpaired) electrons. The van der Waals surface area contributed by atoms with Crippen molar-refractivity contribution in [1.29, 1.82) is 0 Å². The van der Waals surface area contributed by atoms with Crippen LogP contribution in [0.25, 0.3) is 0 Å². The molecule has 0 saturated carbocycles. The van der Waals surface area contributed by atoms with Gasteiger partial charge < -0.3 is 10.1 Å². The molecule has 2 aromatic carbocycles. The maximum atomic E-state index is 12.7. The number of rotatable bonds is 7. The minimum Gasteiger partial charge on any atom is -0.373 e. The van der Waals surface area contributed by atoms with Crippen LogP contribution in [0.2, 0.25) is 0 Å². The third-order valence-corrected chi connectivity index (χ3v) is 6.62. The number of hydrogen-bond acceptors (Lipinski definition) is 5. The van der Waals surface area contributed by atoms with Crippen LogP contribution < -0.4 is 10.0 Å². The summed E-state index contributed by atoms with van der Waals surface area (Å²) >= 11 is 3.32. The van der Waals surface area contributed by atoms with Crippen LogP contribution in [-0.2, 0) is 14.8 Å². The summed E-state index contributed by atoms with van der Waals surface area (Å²) in [6.07, 6.45) is 0.342. The number of benzene rings is 2. The summed E-state index contributed by atoms with van der Waals surface area (Å²) in [4.78, 5) is 14.8. The van der Waals surface area contributed by atoms with Gasteiger partial charge in [-0.15, -0.1) is 0 Å². The van der Waals surface area contributed by atoms with Crippen molar-refractivity contribution in [2.24, 2.45) is 0 Å². The molecule has 1 amide bonds. The molecule has 0 aromatic heterocycles. The van der Waals surface area contributed by atoms with Gasteiger partial charge in [0.15, 0.2) is 0 Å². The van der Waals surface area contributed by atoms with Gasteiger partial charge in [-0.3, -0.25) is 14.4 Å². The molecule has 1 heterocycles. The number of nitrogens with zero attached hydrogens (tertiary/aromatic N) is 1. The summed E-state index contributed by atoms with van der Waals surface area (Å²) in [5.41, 5.74) is 0.749. The topological polar surface area (TPSA) is 87.7 Å². The Morgan fingerprint density at radius 1 is 1.13 bits per heavy atom. The molecule has 9 heteroatoms. The molecular weight excluding hydrogens is 470 g/mol. The van der Waals surface area contributed by atoms with Gasteiger partial charge >= 0.3 is 0 Å². The number of sulfonamides is 1. The van der Waals surface area contributed by atoms with Gasteiger partial charge in [0.05, 0.1) is 17.1 Å². The number of nitrogens with one attached hydrogen (secondary N) is 2. The summed E-state index contributed by atoms with van der Waals surface area (Å²) in [5.74, 6) is -0.301. The van der Waals surface area contributed by atoms with Gasteiger partial charge in [0, 0.05) is 41.9 Å². The van der Waals surface area contributed by atoms with Gasteiger partial charge in [-0.1, -0.05) is 22.0 Å². The molecule has 2 N–H and O–H groups in total. The van der Waals surface area contributed by atoms with Crippen molar-refractivity contribution in [1.82, 2.24) is 10.2 Å². The van der Waals surface area contributed by atoms with Crippen molar-refractivity contribution in [2.45, 2.75) is 31.0 Å². The van der Waals surface area contributed by atoms with Crippen molar-refractivity contribution in [3.63, 3.8) is 0 Å². The fraction of sp³-hybridized carbons (Fsp3) is 0.381. The Balaban J connectivity index is 1.60. The molecule has 1 fully saturated rings.